The molecule has 0 aliphatic rings. The van der Waals surface area contributed by atoms with Gasteiger partial charge < -0.3 is 4.90 Å². The van der Waals surface area contributed by atoms with Gasteiger partial charge in [0.2, 0.25) is 5.95 Å². The third-order valence-corrected chi connectivity index (χ3v) is 3.78. The number of nitrogens with zero attached hydrogens (tertiary/aromatic N) is 3. The summed E-state index contributed by atoms with van der Waals surface area (Å²) < 4.78 is 2.72. The Morgan fingerprint density at radius 1 is 1.56 bits per heavy atom. The Bertz CT molecular complexity index is 371. The third kappa shape index (κ3) is 2.79. The van der Waals surface area contributed by atoms with Crippen LogP contribution in [0.3, 0.4) is 0 Å². The predicted molar refractivity (Wildman–Crippen MR) is 73.9 cm³/mol. The Balaban J connectivity index is 2.93. The van der Waals surface area contributed by atoms with Crippen molar-refractivity contribution in [1.29, 1.82) is 0 Å². The number of anilines is 1. The molecular weight excluding hydrogens is 240 g/mol. The molecule has 1 N–H and O–H groups in total. The molecule has 0 saturated carbocycles. The number of rotatable bonds is 6. The lowest BCUT2D eigenvalue weighted by Gasteiger charge is -2.27. The lowest BCUT2D eigenvalue weighted by molar-refractivity contribution is 0.628. The van der Waals surface area contributed by atoms with Crippen molar-refractivity contribution >= 4 is 29.9 Å². The van der Waals surface area contributed by atoms with Gasteiger partial charge in [-0.1, -0.05) is 6.92 Å². The van der Waals surface area contributed by atoms with Gasteiger partial charge in [-0.25, -0.2) is 5.10 Å². The van der Waals surface area contributed by atoms with Crippen LogP contribution >= 0.6 is 24.0 Å². The van der Waals surface area contributed by atoms with Crippen LogP contribution in [0.5, 0.6) is 0 Å². The minimum atomic E-state index is 0.505. The molecule has 6 heteroatoms. The maximum absolute atomic E-state index is 5.19. The van der Waals surface area contributed by atoms with E-state index < -0.39 is 0 Å². The Morgan fingerprint density at radius 2 is 2.25 bits per heavy atom. The summed E-state index contributed by atoms with van der Waals surface area (Å²) in [7, 11) is 2.08. The summed E-state index contributed by atoms with van der Waals surface area (Å²) in [6.45, 7) is 5.14. The molecule has 0 saturated heterocycles. The van der Waals surface area contributed by atoms with E-state index in [2.05, 4.69) is 42.2 Å². The topological polar surface area (TPSA) is 36.9 Å². The van der Waals surface area contributed by atoms with Crippen LogP contribution in [-0.4, -0.2) is 39.9 Å². The van der Waals surface area contributed by atoms with Gasteiger partial charge in [0, 0.05) is 25.4 Å². The quantitative estimate of drug-likeness (QED) is 0.798. The first-order valence-corrected chi connectivity index (χ1v) is 7.32. The van der Waals surface area contributed by atoms with Gasteiger partial charge in [-0.3, -0.25) is 4.57 Å². The fourth-order valence-electron chi connectivity index (χ4n) is 1.72. The summed E-state index contributed by atoms with van der Waals surface area (Å²) in [5, 5.41) is 7.16. The SMILES string of the molecule is CCC(CSC)N(C)c1n[nH]c(=S)n1CC. The molecule has 0 aliphatic heterocycles. The molecule has 1 atom stereocenters. The van der Waals surface area contributed by atoms with Gasteiger partial charge in [0.25, 0.3) is 0 Å². The first kappa shape index (κ1) is 13.6. The van der Waals surface area contributed by atoms with Crippen molar-refractivity contribution in [3.63, 3.8) is 0 Å². The summed E-state index contributed by atoms with van der Waals surface area (Å²) in [5.41, 5.74) is 0. The van der Waals surface area contributed by atoms with E-state index >= 15 is 0 Å². The number of aromatic amines is 1. The highest BCUT2D eigenvalue weighted by Gasteiger charge is 2.17. The van der Waals surface area contributed by atoms with Gasteiger partial charge in [-0.15, -0.1) is 5.10 Å². The minimum absolute atomic E-state index is 0.505. The van der Waals surface area contributed by atoms with Gasteiger partial charge in [-0.05, 0) is 31.8 Å². The van der Waals surface area contributed by atoms with E-state index in [9.17, 15) is 0 Å². The highest BCUT2D eigenvalue weighted by Crippen LogP contribution is 2.16. The van der Waals surface area contributed by atoms with Crippen molar-refractivity contribution < 1.29 is 0 Å². The molecule has 0 radical (unpaired) electrons. The zero-order valence-electron chi connectivity index (χ0n) is 10.4. The Labute approximate surface area is 106 Å². The van der Waals surface area contributed by atoms with Crippen molar-refractivity contribution in [1.82, 2.24) is 14.8 Å². The Hall–Kier alpha value is -0.490. The standard InChI is InChI=1S/C10H20N4S2/c1-5-8(7-16-4)13(3)9-11-12-10(15)14(9)6-2/h8H,5-7H2,1-4H3,(H,12,15). The van der Waals surface area contributed by atoms with Gasteiger partial charge in [-0.2, -0.15) is 11.8 Å². The Morgan fingerprint density at radius 3 is 2.75 bits per heavy atom. The molecule has 1 unspecified atom stereocenters. The number of hydrogen-bond acceptors (Lipinski definition) is 4. The van der Waals surface area contributed by atoms with Crippen molar-refractivity contribution in [3.8, 4) is 0 Å². The predicted octanol–water partition coefficient (Wildman–Crippen LogP) is 2.54. The van der Waals surface area contributed by atoms with Crippen molar-refractivity contribution in [2.45, 2.75) is 32.9 Å². The van der Waals surface area contributed by atoms with Crippen LogP contribution in [0, 0.1) is 4.77 Å². The van der Waals surface area contributed by atoms with E-state index in [-0.39, 0.29) is 0 Å². The summed E-state index contributed by atoms with van der Waals surface area (Å²) >= 11 is 7.05. The fraction of sp³-hybridized carbons (Fsp3) is 0.800. The lowest BCUT2D eigenvalue weighted by Crippen LogP contribution is -2.35. The lowest BCUT2D eigenvalue weighted by atomic mass is 10.2. The van der Waals surface area contributed by atoms with E-state index in [4.69, 9.17) is 12.2 Å². The molecule has 0 fully saturated rings. The second-order valence-electron chi connectivity index (χ2n) is 3.70. The number of aromatic nitrogens is 3. The number of hydrogen-bond donors (Lipinski definition) is 1. The molecule has 1 aromatic heterocycles. The normalized spacial score (nSPS) is 12.8. The zero-order valence-corrected chi connectivity index (χ0v) is 12.0. The average molecular weight is 260 g/mol. The number of thioether (sulfide) groups is 1. The first-order chi connectivity index (χ1) is 7.65. The molecular formula is C10H20N4S2. The van der Waals surface area contributed by atoms with Gasteiger partial charge >= 0.3 is 0 Å². The molecule has 0 bridgehead atoms. The second-order valence-corrected chi connectivity index (χ2v) is 5.00. The number of nitrogens with one attached hydrogen (secondary N) is 1. The van der Waals surface area contributed by atoms with Crippen molar-refractivity contribution in [3.05, 3.63) is 4.77 Å². The smallest absolute Gasteiger partial charge is 0.225 e. The van der Waals surface area contributed by atoms with Gasteiger partial charge in [0.05, 0.1) is 0 Å². The zero-order chi connectivity index (χ0) is 12.1. The highest BCUT2D eigenvalue weighted by molar-refractivity contribution is 7.98. The summed E-state index contributed by atoms with van der Waals surface area (Å²) in [6.07, 6.45) is 3.24. The average Bonchev–Trinajstić information content (AvgIpc) is 2.66. The maximum atomic E-state index is 5.19. The third-order valence-electron chi connectivity index (χ3n) is 2.75. The van der Waals surface area contributed by atoms with Crippen LogP contribution in [0.25, 0.3) is 0 Å². The summed E-state index contributed by atoms with van der Waals surface area (Å²) in [5.74, 6) is 2.05. The molecule has 0 aliphatic carbocycles. The minimum Gasteiger partial charge on any atom is -0.340 e. The fourth-order valence-corrected chi connectivity index (χ4v) is 2.82. The van der Waals surface area contributed by atoms with Crippen molar-refractivity contribution in [2.75, 3.05) is 24.0 Å². The van der Waals surface area contributed by atoms with Crippen LogP contribution in [-0.2, 0) is 6.54 Å². The van der Waals surface area contributed by atoms with E-state index in [0.717, 1.165) is 24.7 Å². The van der Waals surface area contributed by atoms with E-state index in [1.807, 2.05) is 16.3 Å². The molecule has 16 heavy (non-hydrogen) atoms. The van der Waals surface area contributed by atoms with E-state index in [1.165, 1.54) is 0 Å². The largest absolute Gasteiger partial charge is 0.340 e. The van der Waals surface area contributed by atoms with Gasteiger partial charge in [0.1, 0.15) is 0 Å². The molecule has 1 rings (SSSR count). The van der Waals surface area contributed by atoms with Crippen LogP contribution < -0.4 is 4.90 Å². The molecule has 0 spiro atoms. The van der Waals surface area contributed by atoms with Crippen LogP contribution in [0.15, 0.2) is 0 Å². The Kier molecular flexibility index (Phi) is 5.34. The monoisotopic (exact) mass is 260 g/mol. The molecule has 1 heterocycles. The van der Waals surface area contributed by atoms with Crippen molar-refractivity contribution in [2.24, 2.45) is 0 Å². The molecule has 0 amide bonds. The van der Waals surface area contributed by atoms with Crippen LogP contribution in [0.4, 0.5) is 5.95 Å². The number of H-pyrrole nitrogens is 1. The van der Waals surface area contributed by atoms with Gasteiger partial charge in [0.15, 0.2) is 4.77 Å². The molecule has 1 aromatic rings. The molecule has 0 aromatic carbocycles. The maximum Gasteiger partial charge on any atom is 0.225 e. The van der Waals surface area contributed by atoms with E-state index in [0.29, 0.717) is 10.8 Å². The second kappa shape index (κ2) is 6.30. The summed E-state index contributed by atoms with van der Waals surface area (Å²) in [4.78, 5) is 2.21. The van der Waals surface area contributed by atoms with Crippen LogP contribution in [0.2, 0.25) is 0 Å². The van der Waals surface area contributed by atoms with E-state index in [1.54, 1.807) is 0 Å². The van der Waals surface area contributed by atoms with Crippen LogP contribution in [0.1, 0.15) is 20.3 Å². The first-order valence-electron chi connectivity index (χ1n) is 5.52. The molecule has 4 nitrogen and oxygen atoms in total. The highest BCUT2D eigenvalue weighted by atomic mass is 32.2. The molecule has 92 valence electrons. The summed E-state index contributed by atoms with van der Waals surface area (Å²) in [6, 6.07) is 0.505.